The maximum Gasteiger partial charge on any atom is 0.324 e. The van der Waals surface area contributed by atoms with Gasteiger partial charge in [0.1, 0.15) is 6.04 Å². The minimum Gasteiger partial charge on any atom is -0.468 e. The summed E-state index contributed by atoms with van der Waals surface area (Å²) in [7, 11) is -2.64. The molecule has 0 saturated carbocycles. The lowest BCUT2D eigenvalue weighted by Crippen LogP contribution is -2.45. The van der Waals surface area contributed by atoms with Gasteiger partial charge in [0.2, 0.25) is 0 Å². The number of nitrogens with one attached hydrogen (secondary N) is 1. The topological polar surface area (TPSA) is 85.4 Å². The third kappa shape index (κ3) is 3.91. The number of halogens is 1. The molecule has 0 aliphatic carbocycles. The number of aromatic nitrogens is 1. The van der Waals surface area contributed by atoms with Crippen molar-refractivity contribution in [1.82, 2.24) is 9.71 Å². The van der Waals surface area contributed by atoms with Crippen molar-refractivity contribution < 1.29 is 17.9 Å². The SMILES string of the molecule is CCC(C)C(NS(=O)(=O)c1sc(Cl)nc1C)C(=O)OC. The van der Waals surface area contributed by atoms with Crippen LogP contribution < -0.4 is 4.72 Å². The van der Waals surface area contributed by atoms with Crippen LogP contribution in [-0.2, 0) is 19.6 Å². The van der Waals surface area contributed by atoms with Gasteiger partial charge in [0.25, 0.3) is 10.0 Å². The molecule has 0 amide bonds. The second-order valence-corrected chi connectivity index (χ2v) is 7.84. The molecule has 0 aromatic carbocycles. The van der Waals surface area contributed by atoms with Gasteiger partial charge in [0, 0.05) is 0 Å². The number of thiazole rings is 1. The van der Waals surface area contributed by atoms with E-state index in [2.05, 4.69) is 14.4 Å². The molecule has 1 rings (SSSR count). The van der Waals surface area contributed by atoms with Gasteiger partial charge in [-0.2, -0.15) is 4.72 Å². The van der Waals surface area contributed by atoms with Gasteiger partial charge in [-0.3, -0.25) is 4.79 Å². The molecule has 0 spiro atoms. The smallest absolute Gasteiger partial charge is 0.324 e. The zero-order valence-electron chi connectivity index (χ0n) is 11.6. The molecule has 0 aliphatic heterocycles. The molecule has 114 valence electrons. The molecule has 0 saturated heterocycles. The Labute approximate surface area is 127 Å². The summed E-state index contributed by atoms with van der Waals surface area (Å²) >= 11 is 6.57. The number of carbonyl (C=O) groups is 1. The Kier molecular flexibility index (Phi) is 5.93. The lowest BCUT2D eigenvalue weighted by atomic mass is 10.0. The molecular formula is C11H17ClN2O4S2. The zero-order valence-corrected chi connectivity index (χ0v) is 14.0. The molecule has 6 nitrogen and oxygen atoms in total. The van der Waals surface area contributed by atoms with Crippen molar-refractivity contribution >= 4 is 38.9 Å². The van der Waals surface area contributed by atoms with E-state index in [0.717, 1.165) is 11.3 Å². The standard InChI is InChI=1S/C11H17ClN2O4S2/c1-5-6(2)8(9(15)18-4)14-20(16,17)10-7(3)13-11(12)19-10/h6,8,14H,5H2,1-4H3. The number of hydrogen-bond acceptors (Lipinski definition) is 6. The van der Waals surface area contributed by atoms with Crippen molar-refractivity contribution in [2.24, 2.45) is 5.92 Å². The van der Waals surface area contributed by atoms with E-state index >= 15 is 0 Å². The number of rotatable bonds is 6. The third-order valence-electron chi connectivity index (χ3n) is 2.92. The third-order valence-corrected chi connectivity index (χ3v) is 6.23. The Morgan fingerprint density at radius 3 is 2.55 bits per heavy atom. The van der Waals surface area contributed by atoms with Crippen LogP contribution in [0.5, 0.6) is 0 Å². The lowest BCUT2D eigenvalue weighted by molar-refractivity contribution is -0.143. The van der Waals surface area contributed by atoms with E-state index in [1.165, 1.54) is 7.11 Å². The van der Waals surface area contributed by atoms with Crippen LogP contribution >= 0.6 is 22.9 Å². The summed E-state index contributed by atoms with van der Waals surface area (Å²) in [6.07, 6.45) is 0.630. The fourth-order valence-electron chi connectivity index (χ4n) is 1.58. The fourth-order valence-corrected chi connectivity index (χ4v) is 4.63. The Hall–Kier alpha value is -0.700. The first kappa shape index (κ1) is 17.4. The number of sulfonamides is 1. The van der Waals surface area contributed by atoms with Crippen LogP contribution in [0.2, 0.25) is 4.47 Å². The fraction of sp³-hybridized carbons (Fsp3) is 0.636. The van der Waals surface area contributed by atoms with Crippen molar-refractivity contribution in [1.29, 1.82) is 0 Å². The molecule has 9 heteroatoms. The predicted octanol–water partition coefficient (Wildman–Crippen LogP) is 1.97. The van der Waals surface area contributed by atoms with E-state index in [0.29, 0.717) is 12.1 Å². The van der Waals surface area contributed by atoms with Crippen LogP contribution in [0.4, 0.5) is 0 Å². The van der Waals surface area contributed by atoms with Gasteiger partial charge in [-0.1, -0.05) is 43.2 Å². The van der Waals surface area contributed by atoms with Crippen LogP contribution in [0.15, 0.2) is 4.21 Å². The number of ether oxygens (including phenoxy) is 1. The largest absolute Gasteiger partial charge is 0.468 e. The molecule has 0 bridgehead atoms. The summed E-state index contributed by atoms with van der Waals surface area (Å²) in [6.45, 7) is 5.19. The highest BCUT2D eigenvalue weighted by Gasteiger charge is 2.32. The van der Waals surface area contributed by atoms with Gasteiger partial charge < -0.3 is 4.74 Å². The number of nitrogens with zero attached hydrogens (tertiary/aromatic N) is 1. The molecule has 2 atom stereocenters. The summed E-state index contributed by atoms with van der Waals surface area (Å²) in [5.41, 5.74) is 0.306. The monoisotopic (exact) mass is 340 g/mol. The Morgan fingerprint density at radius 1 is 1.55 bits per heavy atom. The molecule has 0 radical (unpaired) electrons. The van der Waals surface area contributed by atoms with Crippen LogP contribution in [0, 0.1) is 12.8 Å². The number of methoxy groups -OCH3 is 1. The molecule has 1 aromatic heterocycles. The molecule has 1 heterocycles. The quantitative estimate of drug-likeness (QED) is 0.800. The lowest BCUT2D eigenvalue weighted by Gasteiger charge is -2.21. The van der Waals surface area contributed by atoms with Crippen molar-refractivity contribution in [3.8, 4) is 0 Å². The van der Waals surface area contributed by atoms with Crippen LogP contribution in [0.3, 0.4) is 0 Å². The first-order valence-electron chi connectivity index (χ1n) is 5.96. The molecule has 2 unspecified atom stereocenters. The molecule has 0 fully saturated rings. The van der Waals surface area contributed by atoms with Gasteiger partial charge in [0.05, 0.1) is 12.8 Å². The Bertz CT molecular complexity index is 585. The van der Waals surface area contributed by atoms with Gasteiger partial charge in [-0.15, -0.1) is 0 Å². The second kappa shape index (κ2) is 6.84. The molecule has 1 aromatic rings. The maximum atomic E-state index is 12.3. The van der Waals surface area contributed by atoms with E-state index in [4.69, 9.17) is 11.6 Å². The van der Waals surface area contributed by atoms with Crippen molar-refractivity contribution in [3.05, 3.63) is 10.2 Å². The Balaban J connectivity index is 3.09. The number of aryl methyl sites for hydroxylation is 1. The van der Waals surface area contributed by atoms with Crippen molar-refractivity contribution in [2.45, 2.75) is 37.4 Å². The molecule has 1 N–H and O–H groups in total. The number of hydrogen-bond donors (Lipinski definition) is 1. The summed E-state index contributed by atoms with van der Waals surface area (Å²) < 4.78 is 31.8. The van der Waals surface area contributed by atoms with Crippen LogP contribution in [0.1, 0.15) is 26.0 Å². The minimum absolute atomic E-state index is 0.0136. The predicted molar refractivity (Wildman–Crippen MR) is 77.4 cm³/mol. The van der Waals surface area contributed by atoms with E-state index in [9.17, 15) is 13.2 Å². The van der Waals surface area contributed by atoms with Gasteiger partial charge in [-0.25, -0.2) is 13.4 Å². The Morgan fingerprint density at radius 2 is 2.15 bits per heavy atom. The van der Waals surface area contributed by atoms with Gasteiger partial charge in [0.15, 0.2) is 8.68 Å². The van der Waals surface area contributed by atoms with Crippen LogP contribution in [0.25, 0.3) is 0 Å². The highest BCUT2D eigenvalue weighted by molar-refractivity contribution is 7.91. The minimum atomic E-state index is -3.86. The highest BCUT2D eigenvalue weighted by Crippen LogP contribution is 2.27. The van der Waals surface area contributed by atoms with Gasteiger partial charge in [-0.05, 0) is 12.8 Å². The average Bonchev–Trinajstić information content (AvgIpc) is 2.74. The summed E-state index contributed by atoms with van der Waals surface area (Å²) in [4.78, 5) is 15.6. The van der Waals surface area contributed by atoms with Gasteiger partial charge >= 0.3 is 5.97 Å². The molecular weight excluding hydrogens is 324 g/mol. The van der Waals surface area contributed by atoms with E-state index < -0.39 is 22.0 Å². The number of carbonyl (C=O) groups excluding carboxylic acids is 1. The first-order chi connectivity index (χ1) is 9.22. The van der Waals surface area contributed by atoms with Crippen molar-refractivity contribution in [3.63, 3.8) is 0 Å². The van der Waals surface area contributed by atoms with E-state index in [1.807, 2.05) is 6.92 Å². The summed E-state index contributed by atoms with van der Waals surface area (Å²) in [5.74, 6) is -0.808. The highest BCUT2D eigenvalue weighted by atomic mass is 35.5. The van der Waals surface area contributed by atoms with Crippen LogP contribution in [-0.4, -0.2) is 32.5 Å². The summed E-state index contributed by atoms with van der Waals surface area (Å²) in [6, 6.07) is -0.935. The summed E-state index contributed by atoms with van der Waals surface area (Å²) in [5, 5.41) is 0. The second-order valence-electron chi connectivity index (χ2n) is 4.35. The maximum absolute atomic E-state index is 12.3. The number of esters is 1. The average molecular weight is 341 g/mol. The zero-order chi connectivity index (χ0) is 15.5. The van der Waals surface area contributed by atoms with Crippen molar-refractivity contribution in [2.75, 3.05) is 7.11 Å². The molecule has 0 aliphatic rings. The first-order valence-corrected chi connectivity index (χ1v) is 8.63. The molecule has 20 heavy (non-hydrogen) atoms. The van der Waals surface area contributed by atoms with E-state index in [-0.39, 0.29) is 14.6 Å². The van der Waals surface area contributed by atoms with E-state index in [1.54, 1.807) is 13.8 Å². The normalized spacial score (nSPS) is 14.8.